The summed E-state index contributed by atoms with van der Waals surface area (Å²) in [6, 6.07) is 0. The summed E-state index contributed by atoms with van der Waals surface area (Å²) < 4.78 is 0. The van der Waals surface area contributed by atoms with Crippen LogP contribution < -0.4 is 10.9 Å². The van der Waals surface area contributed by atoms with Crippen molar-refractivity contribution in [2.24, 2.45) is 0 Å². The second-order valence-corrected chi connectivity index (χ2v) is 3.26. The van der Waals surface area contributed by atoms with Crippen LogP contribution in [0.4, 0.5) is 0 Å². The lowest BCUT2D eigenvalue weighted by atomic mass is 10.1. The molecule has 1 aliphatic rings. The zero-order valence-corrected chi connectivity index (χ0v) is 7.32. The van der Waals surface area contributed by atoms with Gasteiger partial charge in [-0.05, 0) is 25.0 Å². The Morgan fingerprint density at radius 1 is 1.17 bits per heavy atom. The van der Waals surface area contributed by atoms with Crippen LogP contribution >= 0.6 is 0 Å². The molecule has 0 radical (unpaired) electrons. The Morgan fingerprint density at radius 2 is 1.83 bits per heavy atom. The van der Waals surface area contributed by atoms with Crippen LogP contribution in [0.25, 0.3) is 0 Å². The van der Waals surface area contributed by atoms with Crippen molar-refractivity contribution in [2.75, 3.05) is 0 Å². The van der Waals surface area contributed by atoms with Crippen molar-refractivity contribution in [3.05, 3.63) is 32.7 Å². The van der Waals surface area contributed by atoms with E-state index in [0.717, 1.165) is 17.8 Å². The van der Waals surface area contributed by atoms with Gasteiger partial charge in [0.15, 0.2) is 0 Å². The first-order valence-corrected chi connectivity index (χ1v) is 4.12. The maximum absolute atomic E-state index is 11.4. The fraction of sp³-hybridized carbons (Fsp3) is 0.444. The average Bonchev–Trinajstić information content (AvgIpc) is 2.48. The highest BCUT2D eigenvalue weighted by atomic mass is 16.1. The summed E-state index contributed by atoms with van der Waals surface area (Å²) in [5, 5.41) is 3.18. The maximum atomic E-state index is 11.4. The highest BCUT2D eigenvalue weighted by Crippen LogP contribution is 2.16. The van der Waals surface area contributed by atoms with E-state index < -0.39 is 0 Å². The highest BCUT2D eigenvalue weighted by Gasteiger charge is 2.16. The van der Waals surface area contributed by atoms with Gasteiger partial charge < -0.3 is 10.3 Å². The molecular weight excluding hydrogens is 152 g/mol. The monoisotopic (exact) mass is 164 g/mol. The second kappa shape index (κ2) is 2.45. The van der Waals surface area contributed by atoms with E-state index in [1.54, 1.807) is 0 Å². The number of rotatable bonds is 0. The number of nitrogens with one attached hydrogen (secondary N) is 2. The lowest BCUT2D eigenvalue weighted by molar-refractivity contribution is 0.761. The molecule has 0 saturated carbocycles. The van der Waals surface area contributed by atoms with Gasteiger partial charge in [0, 0.05) is 24.3 Å². The number of aryl methyl sites for hydroxylation is 1. The maximum Gasteiger partial charge on any atom is 0.252 e. The third-order valence-electron chi connectivity index (χ3n) is 2.56. The predicted octanol–water partition coefficient (Wildman–Crippen LogP) is 0.595. The van der Waals surface area contributed by atoms with Gasteiger partial charge in [-0.1, -0.05) is 0 Å². The number of hydrogen-bond donors (Lipinski definition) is 2. The minimum absolute atomic E-state index is 0.0677. The van der Waals surface area contributed by atoms with Gasteiger partial charge in [-0.25, -0.2) is 0 Å². The predicted molar refractivity (Wildman–Crippen MR) is 47.1 cm³/mol. The molecule has 1 aromatic rings. The van der Waals surface area contributed by atoms with Crippen LogP contribution in [0, 0.1) is 13.8 Å². The molecule has 2 rings (SSSR count). The van der Waals surface area contributed by atoms with Crippen molar-refractivity contribution in [1.29, 1.82) is 0 Å². The normalized spacial score (nSPS) is 14.8. The van der Waals surface area contributed by atoms with E-state index in [4.69, 9.17) is 0 Å². The molecular formula is C9H12N2O. The average molecular weight is 164 g/mol. The van der Waals surface area contributed by atoms with Crippen molar-refractivity contribution in [3.63, 3.8) is 0 Å². The molecule has 0 fully saturated rings. The SMILES string of the molecule is Cc1[nH]c(=O)c2c(c1C)CNC2. The largest absolute Gasteiger partial charge is 0.326 e. The van der Waals surface area contributed by atoms with Crippen LogP contribution in [0.15, 0.2) is 4.79 Å². The van der Waals surface area contributed by atoms with E-state index in [1.165, 1.54) is 11.1 Å². The van der Waals surface area contributed by atoms with E-state index >= 15 is 0 Å². The Kier molecular flexibility index (Phi) is 1.54. The topological polar surface area (TPSA) is 44.9 Å². The molecule has 0 unspecified atom stereocenters. The standard InChI is InChI=1S/C9H12N2O/c1-5-6(2)11-9(12)8-4-10-3-7(5)8/h10H,3-4H2,1-2H3,(H,11,12). The summed E-state index contributed by atoms with van der Waals surface area (Å²) in [4.78, 5) is 14.2. The molecule has 0 aliphatic carbocycles. The molecule has 3 nitrogen and oxygen atoms in total. The minimum atomic E-state index is 0.0677. The quantitative estimate of drug-likeness (QED) is 0.589. The summed E-state index contributed by atoms with van der Waals surface area (Å²) in [6.45, 7) is 5.55. The molecule has 2 heterocycles. The number of pyridine rings is 1. The third kappa shape index (κ3) is 0.898. The fourth-order valence-corrected chi connectivity index (χ4v) is 1.67. The van der Waals surface area contributed by atoms with E-state index in [-0.39, 0.29) is 5.56 Å². The van der Waals surface area contributed by atoms with E-state index in [0.29, 0.717) is 6.54 Å². The lowest BCUT2D eigenvalue weighted by Crippen LogP contribution is -2.15. The van der Waals surface area contributed by atoms with Crippen LogP contribution in [0.1, 0.15) is 22.4 Å². The first-order chi connectivity index (χ1) is 5.70. The Labute approximate surface area is 70.8 Å². The van der Waals surface area contributed by atoms with Gasteiger partial charge in [0.05, 0.1) is 0 Å². The molecule has 1 aliphatic heterocycles. The molecule has 0 saturated heterocycles. The highest BCUT2D eigenvalue weighted by molar-refractivity contribution is 5.37. The van der Waals surface area contributed by atoms with Gasteiger partial charge in [0.1, 0.15) is 0 Å². The van der Waals surface area contributed by atoms with Crippen molar-refractivity contribution >= 4 is 0 Å². The second-order valence-electron chi connectivity index (χ2n) is 3.26. The van der Waals surface area contributed by atoms with Crippen LogP contribution in [0.5, 0.6) is 0 Å². The number of aromatic amines is 1. The summed E-state index contributed by atoms with van der Waals surface area (Å²) in [5.41, 5.74) is 4.38. The molecule has 3 heteroatoms. The van der Waals surface area contributed by atoms with Crippen molar-refractivity contribution in [1.82, 2.24) is 10.3 Å². The number of hydrogen-bond acceptors (Lipinski definition) is 2. The van der Waals surface area contributed by atoms with Gasteiger partial charge in [0.25, 0.3) is 5.56 Å². The zero-order valence-electron chi connectivity index (χ0n) is 7.32. The molecule has 0 aromatic carbocycles. The van der Waals surface area contributed by atoms with E-state index in [2.05, 4.69) is 17.2 Å². The van der Waals surface area contributed by atoms with Gasteiger partial charge in [-0.15, -0.1) is 0 Å². The van der Waals surface area contributed by atoms with Crippen molar-refractivity contribution in [3.8, 4) is 0 Å². The van der Waals surface area contributed by atoms with Crippen LogP contribution in [-0.4, -0.2) is 4.98 Å². The van der Waals surface area contributed by atoms with E-state index in [1.807, 2.05) is 6.92 Å². The Morgan fingerprint density at radius 3 is 2.58 bits per heavy atom. The van der Waals surface area contributed by atoms with Gasteiger partial charge in [-0.2, -0.15) is 0 Å². The Hall–Kier alpha value is -1.09. The van der Waals surface area contributed by atoms with Crippen molar-refractivity contribution in [2.45, 2.75) is 26.9 Å². The molecule has 0 bridgehead atoms. The molecule has 12 heavy (non-hydrogen) atoms. The molecule has 0 atom stereocenters. The summed E-state index contributed by atoms with van der Waals surface area (Å²) in [7, 11) is 0. The van der Waals surface area contributed by atoms with Crippen LogP contribution in [0.2, 0.25) is 0 Å². The summed E-state index contributed by atoms with van der Waals surface area (Å²) >= 11 is 0. The van der Waals surface area contributed by atoms with Crippen molar-refractivity contribution < 1.29 is 0 Å². The van der Waals surface area contributed by atoms with E-state index in [9.17, 15) is 4.79 Å². The lowest BCUT2D eigenvalue weighted by Gasteiger charge is -2.04. The third-order valence-corrected chi connectivity index (χ3v) is 2.56. The number of aromatic nitrogens is 1. The molecule has 64 valence electrons. The Bertz CT molecular complexity index is 379. The first kappa shape index (κ1) is 7.55. The van der Waals surface area contributed by atoms with Crippen LogP contribution in [-0.2, 0) is 13.1 Å². The molecule has 2 N–H and O–H groups in total. The fourth-order valence-electron chi connectivity index (χ4n) is 1.67. The molecule has 0 spiro atoms. The van der Waals surface area contributed by atoms with Gasteiger partial charge in [-0.3, -0.25) is 4.79 Å². The first-order valence-electron chi connectivity index (χ1n) is 4.12. The number of fused-ring (bicyclic) bond motifs is 1. The molecule has 1 aromatic heterocycles. The van der Waals surface area contributed by atoms with Gasteiger partial charge >= 0.3 is 0 Å². The van der Waals surface area contributed by atoms with Crippen LogP contribution in [0.3, 0.4) is 0 Å². The number of H-pyrrole nitrogens is 1. The minimum Gasteiger partial charge on any atom is -0.326 e. The summed E-state index contributed by atoms with van der Waals surface area (Å²) in [6.07, 6.45) is 0. The van der Waals surface area contributed by atoms with Gasteiger partial charge in [0.2, 0.25) is 0 Å². The smallest absolute Gasteiger partial charge is 0.252 e. The zero-order chi connectivity index (χ0) is 8.72. The summed E-state index contributed by atoms with van der Waals surface area (Å²) in [5.74, 6) is 0. The molecule has 0 amide bonds. The Balaban J connectivity index is 2.78.